The van der Waals surface area contributed by atoms with E-state index in [2.05, 4.69) is 10.4 Å². The molecule has 0 aliphatic heterocycles. The van der Waals surface area contributed by atoms with E-state index in [1.54, 1.807) is 48.7 Å². The summed E-state index contributed by atoms with van der Waals surface area (Å²) in [5.74, 6) is -0.972. The van der Waals surface area contributed by atoms with Gasteiger partial charge in [0.25, 0.3) is 5.91 Å². The van der Waals surface area contributed by atoms with E-state index in [1.165, 1.54) is 35.0 Å². The maximum atomic E-state index is 13.5. The predicted octanol–water partition coefficient (Wildman–Crippen LogP) is 4.99. The van der Waals surface area contributed by atoms with Crippen molar-refractivity contribution in [2.75, 3.05) is 11.6 Å². The number of halogens is 2. The highest BCUT2D eigenvalue weighted by atomic mass is 35.5. The number of hydrogen-bond donors (Lipinski definition) is 1. The van der Waals surface area contributed by atoms with Gasteiger partial charge in [-0.3, -0.25) is 4.79 Å². The third-order valence-corrected chi connectivity index (χ3v) is 6.03. The number of anilines is 1. The Morgan fingerprint density at radius 2 is 1.75 bits per heavy atom. The molecule has 4 rings (SSSR count). The maximum Gasteiger partial charge on any atom is 0.259 e. The Hall–Kier alpha value is -3.49. The minimum Gasteiger partial charge on any atom is -0.322 e. The summed E-state index contributed by atoms with van der Waals surface area (Å²) in [6.07, 6.45) is 2.66. The van der Waals surface area contributed by atoms with Crippen LogP contribution in [0.4, 0.5) is 10.1 Å². The van der Waals surface area contributed by atoms with Crippen LogP contribution in [0.2, 0.25) is 5.02 Å². The van der Waals surface area contributed by atoms with Crippen molar-refractivity contribution in [1.29, 1.82) is 0 Å². The Balaban J connectivity index is 1.79. The zero-order chi connectivity index (χ0) is 22.9. The molecule has 162 valence electrons. The van der Waals surface area contributed by atoms with Crippen LogP contribution < -0.4 is 5.32 Å². The van der Waals surface area contributed by atoms with Crippen LogP contribution in [0.5, 0.6) is 0 Å². The van der Waals surface area contributed by atoms with Crippen molar-refractivity contribution >= 4 is 33.0 Å². The zero-order valence-electron chi connectivity index (χ0n) is 16.8. The highest BCUT2D eigenvalue weighted by Gasteiger charge is 2.20. The van der Waals surface area contributed by atoms with Crippen LogP contribution in [0, 0.1) is 5.82 Å². The van der Waals surface area contributed by atoms with E-state index >= 15 is 0 Å². The first-order valence-corrected chi connectivity index (χ1v) is 11.7. The highest BCUT2D eigenvalue weighted by molar-refractivity contribution is 7.90. The third kappa shape index (κ3) is 4.71. The smallest absolute Gasteiger partial charge is 0.259 e. The van der Waals surface area contributed by atoms with Gasteiger partial charge < -0.3 is 5.32 Å². The molecule has 0 saturated heterocycles. The van der Waals surface area contributed by atoms with Crippen molar-refractivity contribution in [3.8, 4) is 16.9 Å². The molecule has 0 radical (unpaired) electrons. The summed E-state index contributed by atoms with van der Waals surface area (Å²) in [5.41, 5.74) is 2.03. The number of benzene rings is 3. The molecule has 0 unspecified atom stereocenters. The van der Waals surface area contributed by atoms with E-state index in [-0.39, 0.29) is 10.5 Å². The Morgan fingerprint density at radius 3 is 2.41 bits per heavy atom. The van der Waals surface area contributed by atoms with Crippen molar-refractivity contribution in [3.05, 3.63) is 95.4 Å². The number of sulfone groups is 1. The zero-order valence-corrected chi connectivity index (χ0v) is 18.4. The van der Waals surface area contributed by atoms with E-state index in [4.69, 9.17) is 11.6 Å². The number of aromatic nitrogens is 2. The Kier molecular flexibility index (Phi) is 5.82. The van der Waals surface area contributed by atoms with E-state index in [9.17, 15) is 17.6 Å². The van der Waals surface area contributed by atoms with Gasteiger partial charge in [0.2, 0.25) is 0 Å². The molecule has 4 aromatic rings. The molecular weight excluding hydrogens is 453 g/mol. The van der Waals surface area contributed by atoms with Crippen LogP contribution in [0.3, 0.4) is 0 Å². The summed E-state index contributed by atoms with van der Waals surface area (Å²) < 4.78 is 38.6. The lowest BCUT2D eigenvalue weighted by Crippen LogP contribution is -2.12. The lowest BCUT2D eigenvalue weighted by molar-refractivity contribution is 0.102. The molecule has 1 heterocycles. The minimum absolute atomic E-state index is 0.154. The fraction of sp³-hybridized carbons (Fsp3) is 0.0435. The second kappa shape index (κ2) is 8.57. The summed E-state index contributed by atoms with van der Waals surface area (Å²) in [5, 5.41) is 7.71. The van der Waals surface area contributed by atoms with Crippen molar-refractivity contribution in [2.45, 2.75) is 4.90 Å². The Morgan fingerprint density at radius 1 is 1.03 bits per heavy atom. The van der Waals surface area contributed by atoms with Crippen LogP contribution in [-0.2, 0) is 9.84 Å². The topological polar surface area (TPSA) is 81.1 Å². The fourth-order valence-electron chi connectivity index (χ4n) is 3.13. The predicted molar refractivity (Wildman–Crippen MR) is 121 cm³/mol. The van der Waals surface area contributed by atoms with Crippen LogP contribution in [0.15, 0.2) is 83.9 Å². The molecule has 0 atom stereocenters. The van der Waals surface area contributed by atoms with Gasteiger partial charge in [-0.1, -0.05) is 35.9 Å². The van der Waals surface area contributed by atoms with Crippen molar-refractivity contribution in [3.63, 3.8) is 0 Å². The lowest BCUT2D eigenvalue weighted by Gasteiger charge is -2.06. The van der Waals surface area contributed by atoms with Gasteiger partial charge in [-0.05, 0) is 48.5 Å². The highest BCUT2D eigenvalue weighted by Crippen LogP contribution is 2.27. The number of carbonyl (C=O) groups excluding carboxylic acids is 1. The Labute approximate surface area is 189 Å². The number of rotatable bonds is 5. The number of nitrogens with zero attached hydrogens (tertiary/aromatic N) is 2. The average Bonchev–Trinajstić information content (AvgIpc) is 3.19. The SMILES string of the molecule is CS(=O)(=O)c1ccc(-c2nn(-c3cccc(Cl)c3)cc2C(=O)Nc2cccc(F)c2)cc1. The van der Waals surface area contributed by atoms with Gasteiger partial charge >= 0.3 is 0 Å². The lowest BCUT2D eigenvalue weighted by atomic mass is 10.1. The first-order chi connectivity index (χ1) is 15.2. The molecule has 1 amide bonds. The largest absolute Gasteiger partial charge is 0.322 e. The van der Waals surface area contributed by atoms with Gasteiger partial charge in [-0.25, -0.2) is 17.5 Å². The number of hydrogen-bond acceptors (Lipinski definition) is 4. The van der Waals surface area contributed by atoms with E-state index in [0.29, 0.717) is 27.7 Å². The molecule has 0 aliphatic rings. The van der Waals surface area contributed by atoms with Gasteiger partial charge in [-0.15, -0.1) is 0 Å². The molecule has 1 aromatic heterocycles. The third-order valence-electron chi connectivity index (χ3n) is 4.67. The molecule has 0 aliphatic carbocycles. The summed E-state index contributed by atoms with van der Waals surface area (Å²) in [6.45, 7) is 0. The first-order valence-electron chi connectivity index (χ1n) is 9.44. The molecule has 6 nitrogen and oxygen atoms in total. The van der Waals surface area contributed by atoms with Crippen LogP contribution in [0.25, 0.3) is 16.9 Å². The number of carbonyl (C=O) groups is 1. The van der Waals surface area contributed by atoms with E-state index in [0.717, 1.165) is 6.26 Å². The molecule has 0 fully saturated rings. The quantitative estimate of drug-likeness (QED) is 0.446. The number of nitrogens with one attached hydrogen (secondary N) is 1. The van der Waals surface area contributed by atoms with E-state index in [1.807, 2.05) is 0 Å². The van der Waals surface area contributed by atoms with Gasteiger partial charge in [0, 0.05) is 28.7 Å². The summed E-state index contributed by atoms with van der Waals surface area (Å²) in [6, 6.07) is 18.6. The normalized spacial score (nSPS) is 11.3. The second-order valence-electron chi connectivity index (χ2n) is 7.08. The minimum atomic E-state index is -3.37. The van der Waals surface area contributed by atoms with Gasteiger partial charge in [0.15, 0.2) is 9.84 Å². The first kappa shape index (κ1) is 21.7. The average molecular weight is 470 g/mol. The molecule has 0 bridgehead atoms. The summed E-state index contributed by atoms with van der Waals surface area (Å²) >= 11 is 6.09. The van der Waals surface area contributed by atoms with Gasteiger partial charge in [-0.2, -0.15) is 5.10 Å². The molecule has 3 aromatic carbocycles. The second-order valence-corrected chi connectivity index (χ2v) is 9.53. The van der Waals surface area contributed by atoms with Crippen LogP contribution >= 0.6 is 11.6 Å². The van der Waals surface area contributed by atoms with Crippen LogP contribution in [0.1, 0.15) is 10.4 Å². The van der Waals surface area contributed by atoms with Crippen molar-refractivity contribution in [1.82, 2.24) is 9.78 Å². The molecule has 0 spiro atoms. The van der Waals surface area contributed by atoms with Gasteiger partial charge in [0.05, 0.1) is 16.1 Å². The van der Waals surface area contributed by atoms with Crippen molar-refractivity contribution in [2.24, 2.45) is 0 Å². The maximum absolute atomic E-state index is 13.5. The monoisotopic (exact) mass is 469 g/mol. The molecule has 0 saturated carbocycles. The Bertz CT molecular complexity index is 1420. The van der Waals surface area contributed by atoms with Gasteiger partial charge in [0.1, 0.15) is 11.5 Å². The van der Waals surface area contributed by atoms with Crippen LogP contribution in [-0.4, -0.2) is 30.4 Å². The summed E-state index contributed by atoms with van der Waals surface area (Å²) in [7, 11) is -3.37. The standard InChI is InChI=1S/C23H17ClFN3O3S/c1-32(30,31)20-10-8-15(9-11-20)22-21(23(29)26-18-6-3-5-17(25)13-18)14-28(27-22)19-7-2-4-16(24)12-19/h2-14H,1H3,(H,26,29). The molecule has 32 heavy (non-hydrogen) atoms. The van der Waals surface area contributed by atoms with E-state index < -0.39 is 21.6 Å². The van der Waals surface area contributed by atoms with Crippen molar-refractivity contribution < 1.29 is 17.6 Å². The molecular formula is C23H17ClFN3O3S. The molecule has 9 heteroatoms. The fourth-order valence-corrected chi connectivity index (χ4v) is 3.94. The molecule has 1 N–H and O–H groups in total. The number of amides is 1. The summed E-state index contributed by atoms with van der Waals surface area (Å²) in [4.78, 5) is 13.2.